The van der Waals surface area contributed by atoms with E-state index >= 15 is 0 Å². The maximum Gasteiger partial charge on any atom is 0.242 e. The minimum absolute atomic E-state index is 0.0471. The van der Waals surface area contributed by atoms with Gasteiger partial charge < -0.3 is 10.2 Å². The van der Waals surface area contributed by atoms with Gasteiger partial charge in [0.2, 0.25) is 11.8 Å². The van der Waals surface area contributed by atoms with E-state index in [1.165, 1.54) is 6.42 Å². The van der Waals surface area contributed by atoms with Gasteiger partial charge in [-0.1, -0.05) is 72.8 Å². The Bertz CT molecular complexity index is 905. The van der Waals surface area contributed by atoms with Crippen LogP contribution in [0.3, 0.4) is 0 Å². The van der Waals surface area contributed by atoms with Crippen molar-refractivity contribution in [3.05, 3.63) is 69.2 Å². The highest BCUT2D eigenvalue weighted by Crippen LogP contribution is 2.26. The van der Waals surface area contributed by atoms with Crippen LogP contribution in [0.1, 0.15) is 55.7 Å². The lowest BCUT2D eigenvalue weighted by atomic mass is 9.95. The molecule has 2 aromatic carbocycles. The van der Waals surface area contributed by atoms with Gasteiger partial charge in [0.15, 0.2) is 0 Å². The third-order valence-corrected chi connectivity index (χ3v) is 6.82. The molecular formula is C25H30Cl2N2O2. The van der Waals surface area contributed by atoms with E-state index in [0.717, 1.165) is 36.8 Å². The van der Waals surface area contributed by atoms with Crippen LogP contribution in [0.5, 0.6) is 0 Å². The maximum absolute atomic E-state index is 13.4. The summed E-state index contributed by atoms with van der Waals surface area (Å²) in [6, 6.07) is 12.7. The van der Waals surface area contributed by atoms with E-state index in [2.05, 4.69) is 5.32 Å². The van der Waals surface area contributed by atoms with Gasteiger partial charge in [-0.15, -0.1) is 0 Å². The fraction of sp³-hybridized carbons (Fsp3) is 0.440. The molecule has 0 bridgehead atoms. The maximum atomic E-state index is 13.4. The number of halogens is 2. The van der Waals surface area contributed by atoms with Crippen molar-refractivity contribution in [1.82, 2.24) is 10.2 Å². The summed E-state index contributed by atoms with van der Waals surface area (Å²) in [4.78, 5) is 28.1. The molecule has 1 N–H and O–H groups in total. The Kier molecular flexibility index (Phi) is 8.39. The molecule has 3 rings (SSSR count). The molecule has 0 aromatic heterocycles. The summed E-state index contributed by atoms with van der Waals surface area (Å²) in [7, 11) is 0. The average Bonchev–Trinajstić information content (AvgIpc) is 2.76. The molecule has 31 heavy (non-hydrogen) atoms. The van der Waals surface area contributed by atoms with Crippen molar-refractivity contribution in [3.8, 4) is 0 Å². The van der Waals surface area contributed by atoms with E-state index in [4.69, 9.17) is 23.2 Å². The van der Waals surface area contributed by atoms with Crippen LogP contribution in [0.4, 0.5) is 0 Å². The van der Waals surface area contributed by atoms with Crippen molar-refractivity contribution in [2.75, 3.05) is 0 Å². The van der Waals surface area contributed by atoms with E-state index in [9.17, 15) is 9.59 Å². The van der Waals surface area contributed by atoms with Gasteiger partial charge in [0.1, 0.15) is 6.04 Å². The number of carbonyl (C=O) groups excluding carboxylic acids is 2. The molecule has 1 saturated carbocycles. The number of rotatable bonds is 7. The summed E-state index contributed by atoms with van der Waals surface area (Å²) < 4.78 is 0. The van der Waals surface area contributed by atoms with Crippen LogP contribution in [0.15, 0.2) is 42.5 Å². The number of nitrogens with one attached hydrogen (secondary N) is 1. The highest BCUT2D eigenvalue weighted by molar-refractivity contribution is 6.36. The zero-order chi connectivity index (χ0) is 22.4. The van der Waals surface area contributed by atoms with Crippen LogP contribution in [-0.4, -0.2) is 28.8 Å². The molecule has 6 heteroatoms. The van der Waals surface area contributed by atoms with Crippen molar-refractivity contribution >= 4 is 35.0 Å². The van der Waals surface area contributed by atoms with Crippen LogP contribution < -0.4 is 5.32 Å². The van der Waals surface area contributed by atoms with Crippen molar-refractivity contribution in [1.29, 1.82) is 0 Å². The van der Waals surface area contributed by atoms with Gasteiger partial charge in [-0.25, -0.2) is 0 Å². The van der Waals surface area contributed by atoms with Crippen LogP contribution >= 0.6 is 23.2 Å². The van der Waals surface area contributed by atoms with Crippen molar-refractivity contribution in [3.63, 3.8) is 0 Å². The number of benzene rings is 2. The van der Waals surface area contributed by atoms with Crippen LogP contribution in [0.25, 0.3) is 0 Å². The average molecular weight is 461 g/mol. The fourth-order valence-corrected chi connectivity index (χ4v) is 4.61. The van der Waals surface area contributed by atoms with Gasteiger partial charge >= 0.3 is 0 Å². The summed E-state index contributed by atoms with van der Waals surface area (Å²) >= 11 is 12.6. The molecule has 2 amide bonds. The molecule has 2 aromatic rings. The zero-order valence-electron chi connectivity index (χ0n) is 18.2. The third-order valence-electron chi connectivity index (χ3n) is 6.11. The second kappa shape index (κ2) is 11.0. The van der Waals surface area contributed by atoms with Gasteiger partial charge in [-0.2, -0.15) is 0 Å². The number of carbonyl (C=O) groups is 2. The summed E-state index contributed by atoms with van der Waals surface area (Å²) in [6.45, 7) is 4.16. The molecule has 1 aliphatic carbocycles. The first-order chi connectivity index (χ1) is 14.9. The number of hydrogen-bond donors (Lipinski definition) is 1. The summed E-state index contributed by atoms with van der Waals surface area (Å²) in [5.74, 6) is -0.288. The quantitative estimate of drug-likeness (QED) is 0.574. The van der Waals surface area contributed by atoms with Gasteiger partial charge in [0, 0.05) is 22.6 Å². The summed E-state index contributed by atoms with van der Waals surface area (Å²) in [6.07, 6.45) is 5.54. The Morgan fingerprint density at radius 3 is 2.32 bits per heavy atom. The smallest absolute Gasteiger partial charge is 0.242 e. The van der Waals surface area contributed by atoms with E-state index in [0.29, 0.717) is 22.2 Å². The Morgan fingerprint density at radius 1 is 1.03 bits per heavy atom. The molecule has 0 radical (unpaired) electrons. The van der Waals surface area contributed by atoms with E-state index in [-0.39, 0.29) is 24.3 Å². The minimum Gasteiger partial charge on any atom is -0.352 e. The van der Waals surface area contributed by atoms with Crippen LogP contribution in [-0.2, 0) is 22.6 Å². The Labute approximate surface area is 194 Å². The molecule has 0 saturated heterocycles. The number of amides is 2. The highest BCUT2D eigenvalue weighted by Gasteiger charge is 2.29. The Balaban J connectivity index is 1.82. The van der Waals surface area contributed by atoms with Gasteiger partial charge in [0.05, 0.1) is 6.42 Å². The monoisotopic (exact) mass is 460 g/mol. The van der Waals surface area contributed by atoms with Crippen LogP contribution in [0.2, 0.25) is 10.0 Å². The van der Waals surface area contributed by atoms with E-state index < -0.39 is 6.04 Å². The molecule has 1 aliphatic rings. The topological polar surface area (TPSA) is 49.4 Å². The summed E-state index contributed by atoms with van der Waals surface area (Å²) in [5, 5.41) is 4.07. The predicted molar refractivity (Wildman–Crippen MR) is 126 cm³/mol. The molecule has 166 valence electrons. The zero-order valence-corrected chi connectivity index (χ0v) is 19.7. The predicted octanol–water partition coefficient (Wildman–Crippen LogP) is 5.71. The lowest BCUT2D eigenvalue weighted by Crippen LogP contribution is -2.50. The van der Waals surface area contributed by atoms with E-state index in [1.807, 2.05) is 31.2 Å². The summed E-state index contributed by atoms with van der Waals surface area (Å²) in [5.41, 5.74) is 2.68. The largest absolute Gasteiger partial charge is 0.352 e. The molecule has 1 fully saturated rings. The van der Waals surface area contributed by atoms with Crippen LogP contribution in [0, 0.1) is 6.92 Å². The van der Waals surface area contributed by atoms with Crippen molar-refractivity contribution in [2.45, 2.75) is 71.0 Å². The van der Waals surface area contributed by atoms with Gasteiger partial charge in [0.25, 0.3) is 0 Å². The second-order valence-electron chi connectivity index (χ2n) is 8.34. The molecule has 1 atom stereocenters. The number of nitrogens with zero attached hydrogens (tertiary/aromatic N) is 1. The second-order valence-corrected chi connectivity index (χ2v) is 9.16. The Hall–Kier alpha value is -2.04. The van der Waals surface area contributed by atoms with Gasteiger partial charge in [-0.05, 0) is 55.5 Å². The molecule has 0 heterocycles. The molecule has 0 aliphatic heterocycles. The first kappa shape index (κ1) is 23.6. The lowest BCUT2D eigenvalue weighted by molar-refractivity contribution is -0.140. The molecule has 0 spiro atoms. The first-order valence-corrected chi connectivity index (χ1v) is 11.7. The highest BCUT2D eigenvalue weighted by atomic mass is 35.5. The molecular weight excluding hydrogens is 431 g/mol. The minimum atomic E-state index is -0.602. The van der Waals surface area contributed by atoms with Gasteiger partial charge in [-0.3, -0.25) is 9.59 Å². The number of hydrogen-bond acceptors (Lipinski definition) is 2. The first-order valence-electron chi connectivity index (χ1n) is 10.9. The third kappa shape index (κ3) is 6.24. The standard InChI is InChI=1S/C25H30Cl2N2O2/c1-17-9-6-7-10-19(17)16-29(18(2)25(31)28-20-11-4-3-5-12-20)24(30)15-21-22(26)13-8-14-23(21)27/h6-10,13-14,18,20H,3-5,11-12,15-16H2,1-2H3,(H,28,31)/t18-/m1/s1. The molecule has 4 nitrogen and oxygen atoms in total. The number of aryl methyl sites for hydroxylation is 1. The Morgan fingerprint density at radius 2 is 1.68 bits per heavy atom. The van der Waals surface area contributed by atoms with Crippen molar-refractivity contribution in [2.24, 2.45) is 0 Å². The van der Waals surface area contributed by atoms with Crippen molar-refractivity contribution < 1.29 is 9.59 Å². The molecule has 0 unspecified atom stereocenters. The SMILES string of the molecule is Cc1ccccc1CN(C(=O)Cc1c(Cl)cccc1Cl)[C@H](C)C(=O)NC1CCCCC1. The van der Waals surface area contributed by atoms with E-state index in [1.54, 1.807) is 30.0 Å². The fourth-order valence-electron chi connectivity index (χ4n) is 4.08. The normalized spacial score (nSPS) is 15.4. The lowest BCUT2D eigenvalue weighted by Gasteiger charge is -2.31.